The van der Waals surface area contributed by atoms with Gasteiger partial charge in [0.1, 0.15) is 6.61 Å². The average molecular weight is 358 g/mol. The van der Waals surface area contributed by atoms with E-state index in [2.05, 4.69) is 10.3 Å². The molecule has 2 rings (SSSR count). The Hall–Kier alpha value is -3.09. The second-order valence-electron chi connectivity index (χ2n) is 5.71. The van der Waals surface area contributed by atoms with Crippen LogP contribution < -0.4 is 10.1 Å². The first-order valence-electron chi connectivity index (χ1n) is 8.25. The van der Waals surface area contributed by atoms with Crippen molar-refractivity contribution in [3.05, 3.63) is 59.8 Å². The zero-order valence-electron chi connectivity index (χ0n) is 14.6. The normalized spacial score (nSPS) is 11.4. The number of benzene rings is 1. The molecule has 7 heteroatoms. The molecule has 1 aromatic carbocycles. The smallest absolute Gasteiger partial charge is 0.407 e. The number of nitrogens with one attached hydrogen (secondary N) is 1. The first-order chi connectivity index (χ1) is 12.6. The lowest BCUT2D eigenvalue weighted by atomic mass is 10.1. The fraction of sp³-hybridized carbons (Fsp3) is 0.316. The van der Waals surface area contributed by atoms with E-state index in [0.717, 1.165) is 5.56 Å². The Bertz CT molecular complexity index is 721. The number of amides is 1. The maximum Gasteiger partial charge on any atom is 0.407 e. The highest BCUT2D eigenvalue weighted by atomic mass is 16.5. The molecule has 0 aliphatic carbocycles. The number of carbonyl (C=O) groups excluding carboxylic acids is 1. The number of aromatic nitrogens is 1. The zero-order chi connectivity index (χ0) is 18.8. The van der Waals surface area contributed by atoms with Gasteiger partial charge >= 0.3 is 12.1 Å². The van der Waals surface area contributed by atoms with E-state index >= 15 is 0 Å². The molecule has 1 heterocycles. The summed E-state index contributed by atoms with van der Waals surface area (Å²) in [7, 11) is 1.52. The van der Waals surface area contributed by atoms with Crippen LogP contribution in [0.1, 0.15) is 24.1 Å². The van der Waals surface area contributed by atoms with Crippen molar-refractivity contribution in [1.82, 2.24) is 10.3 Å². The Morgan fingerprint density at radius 2 is 1.92 bits per heavy atom. The van der Waals surface area contributed by atoms with E-state index in [0.29, 0.717) is 18.0 Å². The van der Waals surface area contributed by atoms with E-state index in [1.807, 2.05) is 30.3 Å². The summed E-state index contributed by atoms with van der Waals surface area (Å²) in [6.07, 6.45) is -0.000159. The molecule has 0 spiro atoms. The van der Waals surface area contributed by atoms with Crippen molar-refractivity contribution in [2.75, 3.05) is 7.11 Å². The van der Waals surface area contributed by atoms with Gasteiger partial charge in [0.25, 0.3) is 0 Å². The summed E-state index contributed by atoms with van der Waals surface area (Å²) in [4.78, 5) is 27.2. The first-order valence-corrected chi connectivity index (χ1v) is 8.25. The van der Waals surface area contributed by atoms with Gasteiger partial charge in [-0.25, -0.2) is 9.78 Å². The Morgan fingerprint density at radius 1 is 1.15 bits per heavy atom. The van der Waals surface area contributed by atoms with E-state index in [4.69, 9.17) is 14.6 Å². The van der Waals surface area contributed by atoms with Crippen molar-refractivity contribution >= 4 is 12.1 Å². The summed E-state index contributed by atoms with van der Waals surface area (Å²) in [5, 5.41) is 11.6. The van der Waals surface area contributed by atoms with Crippen LogP contribution in [-0.2, 0) is 22.6 Å². The second kappa shape index (κ2) is 10.0. The van der Waals surface area contributed by atoms with Gasteiger partial charge in [-0.1, -0.05) is 36.4 Å². The average Bonchev–Trinajstić information content (AvgIpc) is 2.65. The lowest BCUT2D eigenvalue weighted by molar-refractivity contribution is -0.137. The van der Waals surface area contributed by atoms with Gasteiger partial charge in [-0.15, -0.1) is 0 Å². The number of carboxylic acid groups (broad SMARTS) is 1. The number of carbonyl (C=O) groups is 2. The van der Waals surface area contributed by atoms with Crippen LogP contribution in [-0.4, -0.2) is 35.3 Å². The van der Waals surface area contributed by atoms with E-state index in [9.17, 15) is 9.59 Å². The molecule has 7 nitrogen and oxygen atoms in total. The molecule has 0 saturated heterocycles. The van der Waals surface area contributed by atoms with Crippen LogP contribution >= 0.6 is 0 Å². The standard InChI is InChI=1S/C19H22N2O5/c1-25-17-9-5-8-15(20-17)12-16(10-11-18(22)23)21-19(24)26-13-14-6-3-2-4-7-14/h2-9,16H,10-13H2,1H3,(H,21,24)(H,22,23). The number of aliphatic carboxylic acids is 1. The van der Waals surface area contributed by atoms with Gasteiger partial charge in [0, 0.05) is 30.6 Å². The minimum absolute atomic E-state index is 0.0619. The molecule has 1 amide bonds. The number of ether oxygens (including phenoxy) is 2. The van der Waals surface area contributed by atoms with Crippen molar-refractivity contribution in [3.63, 3.8) is 0 Å². The molecular weight excluding hydrogens is 336 g/mol. The van der Waals surface area contributed by atoms with Crippen molar-refractivity contribution < 1.29 is 24.2 Å². The monoisotopic (exact) mass is 358 g/mol. The molecule has 0 aliphatic rings. The first kappa shape index (κ1) is 19.2. The Morgan fingerprint density at radius 3 is 2.62 bits per heavy atom. The van der Waals surface area contributed by atoms with Gasteiger partial charge in [-0.2, -0.15) is 0 Å². The van der Waals surface area contributed by atoms with E-state index < -0.39 is 18.1 Å². The number of methoxy groups -OCH3 is 1. The summed E-state index contributed by atoms with van der Waals surface area (Å²) in [6.45, 7) is 0.149. The summed E-state index contributed by atoms with van der Waals surface area (Å²) in [5.41, 5.74) is 1.57. The molecule has 1 atom stereocenters. The SMILES string of the molecule is COc1cccc(CC(CCC(=O)O)NC(=O)OCc2ccccc2)n1. The molecule has 26 heavy (non-hydrogen) atoms. The molecule has 0 radical (unpaired) electrons. The van der Waals surface area contributed by atoms with Crippen LogP contribution in [0.5, 0.6) is 5.88 Å². The van der Waals surface area contributed by atoms with Crippen LogP contribution in [0.25, 0.3) is 0 Å². The summed E-state index contributed by atoms with van der Waals surface area (Å²) in [5.74, 6) is -0.459. The number of alkyl carbamates (subject to hydrolysis) is 1. The van der Waals surface area contributed by atoms with Crippen LogP contribution in [0.3, 0.4) is 0 Å². The molecule has 0 bridgehead atoms. The maximum absolute atomic E-state index is 12.1. The Labute approximate surface area is 152 Å². The number of carboxylic acids is 1. The van der Waals surface area contributed by atoms with E-state index in [1.54, 1.807) is 18.2 Å². The van der Waals surface area contributed by atoms with Crippen LogP contribution in [0.15, 0.2) is 48.5 Å². The Balaban J connectivity index is 1.94. The number of hydrogen-bond donors (Lipinski definition) is 2. The minimum atomic E-state index is -0.923. The largest absolute Gasteiger partial charge is 0.481 e. The predicted octanol–water partition coefficient (Wildman–Crippen LogP) is 2.79. The topological polar surface area (TPSA) is 97.8 Å². The molecule has 0 fully saturated rings. The van der Waals surface area contributed by atoms with Crippen molar-refractivity contribution in [2.45, 2.75) is 31.9 Å². The number of pyridine rings is 1. The third-order valence-electron chi connectivity index (χ3n) is 3.69. The quantitative estimate of drug-likeness (QED) is 0.715. The van der Waals surface area contributed by atoms with Crippen molar-refractivity contribution in [2.24, 2.45) is 0 Å². The summed E-state index contributed by atoms with van der Waals surface area (Å²) in [6, 6.07) is 14.2. The van der Waals surface area contributed by atoms with E-state index in [-0.39, 0.29) is 19.4 Å². The third kappa shape index (κ3) is 6.80. The molecule has 0 saturated carbocycles. The molecule has 1 aromatic heterocycles. The number of nitrogens with zero attached hydrogens (tertiary/aromatic N) is 1. The van der Waals surface area contributed by atoms with Gasteiger partial charge in [0.2, 0.25) is 5.88 Å². The molecule has 2 N–H and O–H groups in total. The number of hydrogen-bond acceptors (Lipinski definition) is 5. The second-order valence-corrected chi connectivity index (χ2v) is 5.71. The highest BCUT2D eigenvalue weighted by Gasteiger charge is 2.16. The lowest BCUT2D eigenvalue weighted by Crippen LogP contribution is -2.37. The van der Waals surface area contributed by atoms with Gasteiger partial charge < -0.3 is 19.9 Å². The summed E-state index contributed by atoms with van der Waals surface area (Å²) >= 11 is 0. The van der Waals surface area contributed by atoms with Gasteiger partial charge in [-0.05, 0) is 18.1 Å². The van der Waals surface area contributed by atoms with Crippen molar-refractivity contribution in [3.8, 4) is 5.88 Å². The fourth-order valence-corrected chi connectivity index (χ4v) is 2.39. The van der Waals surface area contributed by atoms with Crippen LogP contribution in [0.2, 0.25) is 0 Å². The van der Waals surface area contributed by atoms with Crippen LogP contribution in [0.4, 0.5) is 4.79 Å². The van der Waals surface area contributed by atoms with Crippen LogP contribution in [0, 0.1) is 0 Å². The lowest BCUT2D eigenvalue weighted by Gasteiger charge is -2.18. The van der Waals surface area contributed by atoms with Gasteiger partial charge in [-0.3, -0.25) is 4.79 Å². The van der Waals surface area contributed by atoms with Gasteiger partial charge in [0.15, 0.2) is 0 Å². The van der Waals surface area contributed by atoms with E-state index in [1.165, 1.54) is 7.11 Å². The minimum Gasteiger partial charge on any atom is -0.481 e. The van der Waals surface area contributed by atoms with Gasteiger partial charge in [0.05, 0.1) is 7.11 Å². The highest BCUT2D eigenvalue weighted by Crippen LogP contribution is 2.11. The highest BCUT2D eigenvalue weighted by molar-refractivity contribution is 5.68. The predicted molar refractivity (Wildman–Crippen MR) is 94.9 cm³/mol. The maximum atomic E-state index is 12.1. The molecule has 0 aliphatic heterocycles. The zero-order valence-corrected chi connectivity index (χ0v) is 14.6. The third-order valence-corrected chi connectivity index (χ3v) is 3.69. The molecular formula is C19H22N2O5. The molecule has 2 aromatic rings. The molecule has 138 valence electrons. The Kier molecular flexibility index (Phi) is 7.42. The fourth-order valence-electron chi connectivity index (χ4n) is 2.39. The molecule has 1 unspecified atom stereocenters. The van der Waals surface area contributed by atoms with Crippen molar-refractivity contribution in [1.29, 1.82) is 0 Å². The number of rotatable bonds is 9. The summed E-state index contributed by atoms with van der Waals surface area (Å²) < 4.78 is 10.3.